The minimum Gasteiger partial charge on any atom is -0.359 e. The van der Waals surface area contributed by atoms with Gasteiger partial charge in [-0.05, 0) is 49.0 Å². The van der Waals surface area contributed by atoms with Crippen molar-refractivity contribution in [1.29, 1.82) is 0 Å². The van der Waals surface area contributed by atoms with Crippen LogP contribution in [0, 0.1) is 5.92 Å². The second kappa shape index (κ2) is 10.1. The van der Waals surface area contributed by atoms with Crippen LogP contribution in [0.3, 0.4) is 0 Å². The maximum absolute atomic E-state index is 13.4. The summed E-state index contributed by atoms with van der Waals surface area (Å²) in [6.45, 7) is 4.36. The summed E-state index contributed by atoms with van der Waals surface area (Å²) in [4.78, 5) is 17.9. The summed E-state index contributed by atoms with van der Waals surface area (Å²) in [7, 11) is 0. The number of amides is 1. The molecule has 2 aliphatic rings. The predicted molar refractivity (Wildman–Crippen MR) is 141 cm³/mol. The molecular formula is C31H31N3O2. The Morgan fingerprint density at radius 2 is 1.56 bits per heavy atom. The van der Waals surface area contributed by atoms with Crippen LogP contribution in [0.1, 0.15) is 46.0 Å². The molecule has 2 aliphatic heterocycles. The number of fused-ring (bicyclic) bond motifs is 1. The molecule has 4 aromatic rings. The van der Waals surface area contributed by atoms with Crippen molar-refractivity contribution in [3.8, 4) is 11.3 Å². The molecule has 1 fully saturated rings. The molecule has 0 radical (unpaired) electrons. The van der Waals surface area contributed by atoms with Gasteiger partial charge in [-0.3, -0.25) is 9.69 Å². The average Bonchev–Trinajstić information content (AvgIpc) is 3.41. The van der Waals surface area contributed by atoms with Crippen molar-refractivity contribution >= 4 is 5.91 Å². The van der Waals surface area contributed by atoms with E-state index in [2.05, 4.69) is 69.6 Å². The van der Waals surface area contributed by atoms with Gasteiger partial charge in [-0.1, -0.05) is 84.0 Å². The smallest absolute Gasteiger partial charge is 0.254 e. The van der Waals surface area contributed by atoms with Crippen LogP contribution in [0.5, 0.6) is 0 Å². The van der Waals surface area contributed by atoms with Gasteiger partial charge in [0.1, 0.15) is 5.69 Å². The molecule has 5 nitrogen and oxygen atoms in total. The second-order valence-electron chi connectivity index (χ2n) is 10.0. The third kappa shape index (κ3) is 4.71. The van der Waals surface area contributed by atoms with Gasteiger partial charge in [0.2, 0.25) is 0 Å². The van der Waals surface area contributed by atoms with Crippen LogP contribution in [-0.4, -0.2) is 47.0 Å². The zero-order valence-corrected chi connectivity index (χ0v) is 20.4. The fraction of sp³-hybridized carbons (Fsp3) is 0.290. The Kier molecular flexibility index (Phi) is 6.39. The minimum atomic E-state index is 0.176. The van der Waals surface area contributed by atoms with Crippen LogP contribution >= 0.6 is 0 Å². The number of carbonyl (C=O) groups is 1. The zero-order chi connectivity index (χ0) is 24.3. The third-order valence-corrected chi connectivity index (χ3v) is 7.65. The molecule has 182 valence electrons. The Morgan fingerprint density at radius 1 is 0.861 bits per heavy atom. The van der Waals surface area contributed by atoms with Crippen LogP contribution in [0.15, 0.2) is 95.5 Å². The standard InChI is InChI=1S/C31H31N3O2/c35-31-28-14-8-7-13-27(28)29(24-9-3-1-4-10-24)22-34(31)20-23-15-17-33(18-16-23)21-26-19-30(32-36-26)25-11-5-2-6-12-25/h1-14,19,23,29H,15-18,20-22H2. The second-order valence-corrected chi connectivity index (χ2v) is 10.0. The first-order chi connectivity index (χ1) is 17.7. The molecule has 1 unspecified atom stereocenters. The van der Waals surface area contributed by atoms with Crippen LogP contribution in [0.2, 0.25) is 0 Å². The predicted octanol–water partition coefficient (Wildman–Crippen LogP) is 5.84. The Hall–Kier alpha value is -3.70. The Bertz CT molecular complexity index is 1310. The Morgan fingerprint density at radius 3 is 2.33 bits per heavy atom. The number of hydrogen-bond acceptors (Lipinski definition) is 4. The minimum absolute atomic E-state index is 0.176. The van der Waals surface area contributed by atoms with E-state index in [1.807, 2.05) is 36.4 Å². The summed E-state index contributed by atoms with van der Waals surface area (Å²) in [5.41, 5.74) is 5.25. The summed E-state index contributed by atoms with van der Waals surface area (Å²) >= 11 is 0. The van der Waals surface area contributed by atoms with E-state index in [-0.39, 0.29) is 11.8 Å². The fourth-order valence-electron chi connectivity index (χ4n) is 5.69. The van der Waals surface area contributed by atoms with Crippen molar-refractivity contribution in [2.75, 3.05) is 26.2 Å². The van der Waals surface area contributed by atoms with E-state index in [1.54, 1.807) is 0 Å². The van der Waals surface area contributed by atoms with E-state index >= 15 is 0 Å². The van der Waals surface area contributed by atoms with Gasteiger partial charge in [-0.2, -0.15) is 0 Å². The number of carbonyl (C=O) groups excluding carboxylic acids is 1. The van der Waals surface area contributed by atoms with E-state index in [1.165, 1.54) is 5.56 Å². The lowest BCUT2D eigenvalue weighted by Crippen LogP contribution is -2.45. The van der Waals surface area contributed by atoms with Gasteiger partial charge in [0.15, 0.2) is 5.76 Å². The van der Waals surface area contributed by atoms with Crippen LogP contribution in [0.25, 0.3) is 11.3 Å². The maximum atomic E-state index is 13.4. The van der Waals surface area contributed by atoms with Gasteiger partial charge in [-0.15, -0.1) is 0 Å². The molecule has 0 bridgehead atoms. The van der Waals surface area contributed by atoms with E-state index in [0.29, 0.717) is 5.92 Å². The number of benzene rings is 3. The number of likely N-dealkylation sites (tertiary alicyclic amines) is 1. The van der Waals surface area contributed by atoms with Crippen molar-refractivity contribution in [2.45, 2.75) is 25.3 Å². The molecule has 0 N–H and O–H groups in total. The molecular weight excluding hydrogens is 446 g/mol. The van der Waals surface area contributed by atoms with Crippen LogP contribution < -0.4 is 0 Å². The number of rotatable bonds is 6. The van der Waals surface area contributed by atoms with E-state index in [9.17, 15) is 4.79 Å². The monoisotopic (exact) mass is 477 g/mol. The molecule has 1 amide bonds. The number of aromatic nitrogens is 1. The lowest BCUT2D eigenvalue weighted by atomic mass is 9.83. The quantitative estimate of drug-likeness (QED) is 0.350. The summed E-state index contributed by atoms with van der Waals surface area (Å²) < 4.78 is 5.63. The first kappa shape index (κ1) is 22.7. The summed E-state index contributed by atoms with van der Waals surface area (Å²) in [6.07, 6.45) is 2.17. The highest BCUT2D eigenvalue weighted by Crippen LogP contribution is 2.34. The average molecular weight is 478 g/mol. The molecule has 3 heterocycles. The van der Waals surface area contributed by atoms with E-state index in [4.69, 9.17) is 4.52 Å². The number of piperidine rings is 1. The first-order valence-corrected chi connectivity index (χ1v) is 12.9. The molecule has 36 heavy (non-hydrogen) atoms. The van der Waals surface area contributed by atoms with Crippen LogP contribution in [0.4, 0.5) is 0 Å². The summed E-state index contributed by atoms with van der Waals surface area (Å²) in [6, 6.07) is 30.9. The largest absolute Gasteiger partial charge is 0.359 e. The van der Waals surface area contributed by atoms with Gasteiger partial charge < -0.3 is 9.42 Å². The van der Waals surface area contributed by atoms with Crippen molar-refractivity contribution in [1.82, 2.24) is 15.0 Å². The molecule has 0 aliphatic carbocycles. The van der Waals surface area contributed by atoms with Crippen molar-refractivity contribution < 1.29 is 9.32 Å². The molecule has 5 heteroatoms. The van der Waals surface area contributed by atoms with Crippen molar-refractivity contribution in [2.24, 2.45) is 5.92 Å². The van der Waals surface area contributed by atoms with Gasteiger partial charge >= 0.3 is 0 Å². The molecule has 6 rings (SSSR count). The highest BCUT2D eigenvalue weighted by Gasteiger charge is 2.33. The number of nitrogens with zero attached hydrogens (tertiary/aromatic N) is 3. The molecule has 0 saturated carbocycles. The highest BCUT2D eigenvalue weighted by atomic mass is 16.5. The van der Waals surface area contributed by atoms with Crippen molar-refractivity contribution in [3.05, 3.63) is 113 Å². The SMILES string of the molecule is O=C1c2ccccc2C(c2ccccc2)CN1CC1CCN(Cc2cc(-c3ccccc3)no2)CC1. The molecule has 1 atom stereocenters. The van der Waals surface area contributed by atoms with E-state index < -0.39 is 0 Å². The third-order valence-electron chi connectivity index (χ3n) is 7.65. The molecule has 3 aromatic carbocycles. The Balaban J connectivity index is 1.08. The first-order valence-electron chi connectivity index (χ1n) is 12.9. The molecule has 1 aromatic heterocycles. The normalized spacial score (nSPS) is 18.8. The van der Waals surface area contributed by atoms with Gasteiger partial charge in [0.05, 0.1) is 6.54 Å². The summed E-state index contributed by atoms with van der Waals surface area (Å²) in [5, 5.41) is 4.26. The lowest BCUT2D eigenvalue weighted by molar-refractivity contribution is 0.0654. The van der Waals surface area contributed by atoms with Gasteiger partial charge in [0, 0.05) is 36.2 Å². The topological polar surface area (TPSA) is 49.6 Å². The lowest BCUT2D eigenvalue weighted by Gasteiger charge is -2.39. The van der Waals surface area contributed by atoms with Crippen LogP contribution in [-0.2, 0) is 6.54 Å². The molecule has 0 spiro atoms. The van der Waals surface area contributed by atoms with Crippen molar-refractivity contribution in [3.63, 3.8) is 0 Å². The number of hydrogen-bond donors (Lipinski definition) is 0. The Labute approximate surface area is 212 Å². The maximum Gasteiger partial charge on any atom is 0.254 e. The van der Waals surface area contributed by atoms with Gasteiger partial charge in [0.25, 0.3) is 5.91 Å². The highest BCUT2D eigenvalue weighted by molar-refractivity contribution is 5.97. The van der Waals surface area contributed by atoms with Gasteiger partial charge in [-0.25, -0.2) is 0 Å². The fourth-order valence-corrected chi connectivity index (χ4v) is 5.69. The van der Waals surface area contributed by atoms with E-state index in [0.717, 1.165) is 73.7 Å². The molecule has 1 saturated heterocycles. The zero-order valence-electron chi connectivity index (χ0n) is 20.4. The summed E-state index contributed by atoms with van der Waals surface area (Å²) in [5.74, 6) is 1.82.